The minimum atomic E-state index is -0.473. The van der Waals surface area contributed by atoms with E-state index in [1.165, 1.54) is 11.1 Å². The molecular formula is C9H13OS+. The number of rotatable bonds is 2. The van der Waals surface area contributed by atoms with Gasteiger partial charge in [-0.25, -0.2) is 0 Å². The Morgan fingerprint density at radius 3 is 2.27 bits per heavy atom. The summed E-state index contributed by atoms with van der Waals surface area (Å²) in [4.78, 5) is 0. The number of hydrogen-bond acceptors (Lipinski definition) is 1. The molecule has 1 atom stereocenters. The predicted molar refractivity (Wildman–Crippen MR) is 50.8 cm³/mol. The Kier molecular flexibility index (Phi) is 2.97. The molecule has 1 aromatic rings. The molecule has 1 aromatic carbocycles. The summed E-state index contributed by atoms with van der Waals surface area (Å²) in [7, 11) is 0. The van der Waals surface area contributed by atoms with Crippen molar-refractivity contribution in [3.63, 3.8) is 0 Å². The Balaban J connectivity index is 2.66. The molecule has 2 heteroatoms. The Hall–Kier alpha value is -0.470. The summed E-state index contributed by atoms with van der Waals surface area (Å²) in [5.41, 5.74) is 2.48. The largest absolute Gasteiger partial charge is 0.188 e. The lowest BCUT2D eigenvalue weighted by atomic mass is 10.2. The topological polar surface area (TPSA) is 20.2 Å². The van der Waals surface area contributed by atoms with Crippen molar-refractivity contribution in [2.24, 2.45) is 0 Å². The zero-order valence-electron chi connectivity index (χ0n) is 6.87. The van der Waals surface area contributed by atoms with Gasteiger partial charge in [0.15, 0.2) is 5.75 Å². The molecule has 0 amide bonds. The standard InChI is InChI=1S/C9H13OS/c1-8-3-5-9(6-4-8)7-11(2)10/h3-6,10H,7H2,1-2H3/q+1. The van der Waals surface area contributed by atoms with E-state index >= 15 is 0 Å². The molecule has 0 heterocycles. The molecule has 0 radical (unpaired) electrons. The van der Waals surface area contributed by atoms with Gasteiger partial charge in [-0.05, 0) is 6.92 Å². The lowest BCUT2D eigenvalue weighted by molar-refractivity contribution is 0.644. The molecular weight excluding hydrogens is 156 g/mol. The van der Waals surface area contributed by atoms with E-state index in [2.05, 4.69) is 31.2 Å². The van der Waals surface area contributed by atoms with Crippen molar-refractivity contribution in [3.05, 3.63) is 35.4 Å². The molecule has 1 nitrogen and oxygen atoms in total. The van der Waals surface area contributed by atoms with Gasteiger partial charge in [0.1, 0.15) is 17.4 Å². The summed E-state index contributed by atoms with van der Waals surface area (Å²) in [5.74, 6) is 0.778. The van der Waals surface area contributed by atoms with Crippen molar-refractivity contribution in [1.29, 1.82) is 0 Å². The lowest BCUT2D eigenvalue weighted by Gasteiger charge is -1.96. The molecule has 0 fully saturated rings. The molecule has 1 N–H and O–H groups in total. The normalized spacial score (nSPS) is 13.0. The number of benzene rings is 1. The van der Waals surface area contributed by atoms with Gasteiger partial charge in [-0.15, -0.1) is 0 Å². The smallest absolute Gasteiger partial charge is 0.165 e. The third kappa shape index (κ3) is 2.95. The van der Waals surface area contributed by atoms with Crippen LogP contribution in [0.1, 0.15) is 11.1 Å². The van der Waals surface area contributed by atoms with Crippen LogP contribution in [-0.4, -0.2) is 10.8 Å². The maximum Gasteiger partial charge on any atom is 0.165 e. The van der Waals surface area contributed by atoms with E-state index in [1.807, 2.05) is 6.26 Å². The van der Waals surface area contributed by atoms with Crippen LogP contribution in [0.3, 0.4) is 0 Å². The Morgan fingerprint density at radius 1 is 1.27 bits per heavy atom. The molecule has 60 valence electrons. The van der Waals surface area contributed by atoms with Crippen molar-refractivity contribution in [2.45, 2.75) is 12.7 Å². The van der Waals surface area contributed by atoms with E-state index in [1.54, 1.807) is 0 Å². The summed E-state index contributed by atoms with van der Waals surface area (Å²) in [6.07, 6.45) is 1.83. The summed E-state index contributed by atoms with van der Waals surface area (Å²) in [5, 5.41) is 0. The second-order valence-electron chi connectivity index (χ2n) is 2.73. The third-order valence-corrected chi connectivity index (χ3v) is 2.25. The van der Waals surface area contributed by atoms with Crippen LogP contribution in [0.2, 0.25) is 0 Å². The summed E-state index contributed by atoms with van der Waals surface area (Å²) in [6.45, 7) is 2.06. The van der Waals surface area contributed by atoms with Crippen molar-refractivity contribution < 1.29 is 4.55 Å². The van der Waals surface area contributed by atoms with Crippen LogP contribution in [-0.2, 0) is 16.9 Å². The lowest BCUT2D eigenvalue weighted by Crippen LogP contribution is -1.99. The molecule has 0 spiro atoms. The monoisotopic (exact) mass is 169 g/mol. The van der Waals surface area contributed by atoms with Crippen molar-refractivity contribution in [2.75, 3.05) is 6.26 Å². The molecule has 0 aromatic heterocycles. The van der Waals surface area contributed by atoms with E-state index in [-0.39, 0.29) is 0 Å². The third-order valence-electron chi connectivity index (χ3n) is 1.50. The minimum absolute atomic E-state index is 0.473. The molecule has 0 bridgehead atoms. The van der Waals surface area contributed by atoms with E-state index in [4.69, 9.17) is 4.55 Å². The van der Waals surface area contributed by atoms with E-state index < -0.39 is 11.2 Å². The fourth-order valence-corrected chi connectivity index (χ4v) is 1.60. The summed E-state index contributed by atoms with van der Waals surface area (Å²) >= 11 is -0.473. The highest BCUT2D eigenvalue weighted by molar-refractivity contribution is 7.90. The van der Waals surface area contributed by atoms with Gasteiger partial charge in [-0.1, -0.05) is 29.8 Å². The zero-order chi connectivity index (χ0) is 8.27. The van der Waals surface area contributed by atoms with Gasteiger partial charge in [-0.2, -0.15) is 4.55 Å². The Morgan fingerprint density at radius 2 is 1.82 bits per heavy atom. The van der Waals surface area contributed by atoms with Crippen LogP contribution < -0.4 is 0 Å². The van der Waals surface area contributed by atoms with Crippen LogP contribution in [0, 0.1) is 6.92 Å². The van der Waals surface area contributed by atoms with Crippen LogP contribution in [0.15, 0.2) is 24.3 Å². The first-order valence-corrected chi connectivity index (χ1v) is 5.31. The van der Waals surface area contributed by atoms with Crippen molar-refractivity contribution >= 4 is 11.2 Å². The van der Waals surface area contributed by atoms with E-state index in [0.29, 0.717) is 0 Å². The van der Waals surface area contributed by atoms with Crippen molar-refractivity contribution in [3.8, 4) is 0 Å². The van der Waals surface area contributed by atoms with Crippen LogP contribution >= 0.6 is 0 Å². The first kappa shape index (κ1) is 8.62. The molecule has 1 rings (SSSR count). The zero-order valence-corrected chi connectivity index (χ0v) is 7.69. The molecule has 0 aliphatic carbocycles. The van der Waals surface area contributed by atoms with Gasteiger partial charge in [-0.3, -0.25) is 0 Å². The number of aryl methyl sites for hydroxylation is 1. The highest BCUT2D eigenvalue weighted by atomic mass is 32.2. The van der Waals surface area contributed by atoms with Gasteiger partial charge in [0, 0.05) is 5.56 Å². The average molecular weight is 169 g/mol. The van der Waals surface area contributed by atoms with Gasteiger partial charge >= 0.3 is 0 Å². The maximum absolute atomic E-state index is 9.10. The first-order chi connectivity index (χ1) is 5.18. The first-order valence-electron chi connectivity index (χ1n) is 3.55. The highest BCUT2D eigenvalue weighted by Gasteiger charge is 2.06. The van der Waals surface area contributed by atoms with Gasteiger partial charge in [0.2, 0.25) is 0 Å². The van der Waals surface area contributed by atoms with Gasteiger partial charge in [0.25, 0.3) is 0 Å². The summed E-state index contributed by atoms with van der Waals surface area (Å²) in [6, 6.07) is 8.27. The minimum Gasteiger partial charge on any atom is -0.188 e. The Labute approximate surface area is 70.6 Å². The maximum atomic E-state index is 9.10. The van der Waals surface area contributed by atoms with Gasteiger partial charge < -0.3 is 0 Å². The second kappa shape index (κ2) is 3.79. The average Bonchev–Trinajstić information content (AvgIpc) is 1.93. The fraction of sp³-hybridized carbons (Fsp3) is 0.333. The second-order valence-corrected chi connectivity index (χ2v) is 4.22. The molecule has 0 saturated carbocycles. The van der Waals surface area contributed by atoms with E-state index in [0.717, 1.165) is 5.75 Å². The quantitative estimate of drug-likeness (QED) is 0.673. The van der Waals surface area contributed by atoms with E-state index in [9.17, 15) is 0 Å². The van der Waals surface area contributed by atoms with Gasteiger partial charge in [0.05, 0.1) is 0 Å². The molecule has 0 saturated heterocycles. The Bertz CT molecular complexity index is 216. The van der Waals surface area contributed by atoms with Crippen LogP contribution in [0.5, 0.6) is 0 Å². The van der Waals surface area contributed by atoms with Crippen molar-refractivity contribution in [1.82, 2.24) is 0 Å². The molecule has 11 heavy (non-hydrogen) atoms. The molecule has 1 unspecified atom stereocenters. The SMILES string of the molecule is Cc1ccc(C[S+](C)O)cc1. The molecule has 0 aliphatic rings. The fourth-order valence-electron chi connectivity index (χ4n) is 0.926. The molecule has 0 aliphatic heterocycles. The van der Waals surface area contributed by atoms with Crippen LogP contribution in [0.25, 0.3) is 0 Å². The highest BCUT2D eigenvalue weighted by Crippen LogP contribution is 2.06. The predicted octanol–water partition coefficient (Wildman–Crippen LogP) is 2.22. The summed E-state index contributed by atoms with van der Waals surface area (Å²) < 4.78 is 9.10. The number of hydrogen-bond donors (Lipinski definition) is 1. The van der Waals surface area contributed by atoms with Crippen LogP contribution in [0.4, 0.5) is 0 Å².